The van der Waals surface area contributed by atoms with Gasteiger partial charge in [0.25, 0.3) is 5.91 Å². The number of furan rings is 1. The summed E-state index contributed by atoms with van der Waals surface area (Å²) in [5, 5.41) is 13.4. The van der Waals surface area contributed by atoms with Gasteiger partial charge in [-0.15, -0.1) is 0 Å². The SMILES string of the molecule is CC(CC(C)(C)OC(C)C)Nc1ccc(-c2ccnc3cc(-c4ccc(C(=O)N(C)C)cc4)oc23)cc1C#N. The Morgan fingerprint density at radius 1 is 1.08 bits per heavy atom. The molecule has 1 unspecified atom stereocenters. The van der Waals surface area contributed by atoms with Crippen LogP contribution in [-0.2, 0) is 4.74 Å². The Morgan fingerprint density at radius 3 is 2.41 bits per heavy atom. The van der Waals surface area contributed by atoms with Crippen molar-refractivity contribution < 1.29 is 13.9 Å². The average molecular weight is 525 g/mol. The number of pyridine rings is 1. The van der Waals surface area contributed by atoms with E-state index in [0.717, 1.165) is 34.3 Å². The summed E-state index contributed by atoms with van der Waals surface area (Å²) in [5.41, 5.74) is 5.61. The van der Waals surface area contributed by atoms with Crippen molar-refractivity contribution in [1.29, 1.82) is 5.26 Å². The number of amides is 1. The predicted molar refractivity (Wildman–Crippen MR) is 156 cm³/mol. The number of aromatic nitrogens is 1. The zero-order valence-corrected chi connectivity index (χ0v) is 23.7. The molecular formula is C32H36N4O3. The lowest BCUT2D eigenvalue weighted by atomic mass is 9.98. The second-order valence-corrected chi connectivity index (χ2v) is 11.0. The summed E-state index contributed by atoms with van der Waals surface area (Å²) in [7, 11) is 3.46. The van der Waals surface area contributed by atoms with Gasteiger partial charge in [0.05, 0.1) is 23.0 Å². The third kappa shape index (κ3) is 6.47. The van der Waals surface area contributed by atoms with Crippen LogP contribution >= 0.6 is 0 Å². The number of fused-ring (bicyclic) bond motifs is 1. The predicted octanol–water partition coefficient (Wildman–Crippen LogP) is 7.13. The van der Waals surface area contributed by atoms with Crippen molar-refractivity contribution in [3.63, 3.8) is 0 Å². The van der Waals surface area contributed by atoms with Crippen LogP contribution < -0.4 is 5.32 Å². The lowest BCUT2D eigenvalue weighted by Crippen LogP contribution is -2.34. The first-order valence-corrected chi connectivity index (χ1v) is 13.2. The van der Waals surface area contributed by atoms with Gasteiger partial charge in [0, 0.05) is 49.1 Å². The molecule has 7 nitrogen and oxygen atoms in total. The van der Waals surface area contributed by atoms with E-state index in [-0.39, 0.29) is 23.7 Å². The van der Waals surface area contributed by atoms with E-state index < -0.39 is 0 Å². The summed E-state index contributed by atoms with van der Waals surface area (Å²) < 4.78 is 12.3. The molecule has 1 amide bonds. The molecule has 0 aliphatic carbocycles. The average Bonchev–Trinajstić information content (AvgIpc) is 3.32. The Balaban J connectivity index is 1.60. The summed E-state index contributed by atoms with van der Waals surface area (Å²) in [5.74, 6) is 0.607. The minimum absolute atomic E-state index is 0.0525. The molecule has 0 radical (unpaired) electrons. The van der Waals surface area contributed by atoms with Crippen molar-refractivity contribution in [3.05, 3.63) is 71.9 Å². The molecule has 2 heterocycles. The molecule has 0 aliphatic heterocycles. The number of nitrogens with one attached hydrogen (secondary N) is 1. The van der Waals surface area contributed by atoms with Gasteiger partial charge in [0.2, 0.25) is 0 Å². The highest BCUT2D eigenvalue weighted by atomic mass is 16.5. The maximum atomic E-state index is 12.2. The van der Waals surface area contributed by atoms with Crippen LogP contribution in [0.3, 0.4) is 0 Å². The first-order chi connectivity index (χ1) is 18.5. The number of carbonyl (C=O) groups is 1. The topological polar surface area (TPSA) is 91.4 Å². The first kappa shape index (κ1) is 27.9. The third-order valence-electron chi connectivity index (χ3n) is 6.44. The Bertz CT molecular complexity index is 1510. The number of rotatable bonds is 9. The van der Waals surface area contributed by atoms with E-state index in [1.54, 1.807) is 37.3 Å². The van der Waals surface area contributed by atoms with Crippen LogP contribution in [0, 0.1) is 11.3 Å². The van der Waals surface area contributed by atoms with Crippen LogP contribution in [0.4, 0.5) is 5.69 Å². The fourth-order valence-corrected chi connectivity index (χ4v) is 5.01. The smallest absolute Gasteiger partial charge is 0.253 e. The summed E-state index contributed by atoms with van der Waals surface area (Å²) >= 11 is 0. The monoisotopic (exact) mass is 524 g/mol. The normalized spacial score (nSPS) is 12.4. The van der Waals surface area contributed by atoms with Crippen molar-refractivity contribution in [1.82, 2.24) is 9.88 Å². The molecule has 0 bridgehead atoms. The number of carbonyl (C=O) groups excluding carboxylic acids is 1. The quantitative estimate of drug-likeness (QED) is 0.250. The number of hydrogen-bond acceptors (Lipinski definition) is 6. The number of nitriles is 1. The van der Waals surface area contributed by atoms with E-state index in [1.807, 2.05) is 56.3 Å². The molecule has 1 N–H and O–H groups in total. The molecule has 2 aromatic heterocycles. The molecule has 39 heavy (non-hydrogen) atoms. The Morgan fingerprint density at radius 2 is 1.77 bits per heavy atom. The summed E-state index contributed by atoms with van der Waals surface area (Å²) in [6.07, 6.45) is 2.68. The number of ether oxygens (including phenoxy) is 1. The zero-order valence-electron chi connectivity index (χ0n) is 23.7. The molecule has 0 spiro atoms. The summed E-state index contributed by atoms with van der Waals surface area (Å²) in [6, 6.07) is 19.4. The number of benzene rings is 2. The lowest BCUT2D eigenvalue weighted by Gasteiger charge is -2.31. The van der Waals surface area contributed by atoms with E-state index in [2.05, 4.69) is 37.1 Å². The molecular weight excluding hydrogens is 488 g/mol. The molecule has 2 aromatic carbocycles. The second-order valence-electron chi connectivity index (χ2n) is 11.0. The number of hydrogen-bond donors (Lipinski definition) is 1. The van der Waals surface area contributed by atoms with E-state index in [0.29, 0.717) is 22.5 Å². The highest BCUT2D eigenvalue weighted by Crippen LogP contribution is 2.35. The van der Waals surface area contributed by atoms with Crippen molar-refractivity contribution in [2.75, 3.05) is 19.4 Å². The molecule has 0 fully saturated rings. The van der Waals surface area contributed by atoms with Crippen molar-refractivity contribution in [3.8, 4) is 28.5 Å². The van der Waals surface area contributed by atoms with Gasteiger partial charge in [-0.25, -0.2) is 0 Å². The fraction of sp³-hybridized carbons (Fsp3) is 0.344. The Hall–Kier alpha value is -4.15. The maximum Gasteiger partial charge on any atom is 0.253 e. The lowest BCUT2D eigenvalue weighted by molar-refractivity contribution is -0.0619. The van der Waals surface area contributed by atoms with Crippen LogP contribution in [0.2, 0.25) is 0 Å². The van der Waals surface area contributed by atoms with E-state index >= 15 is 0 Å². The van der Waals surface area contributed by atoms with Crippen molar-refractivity contribution in [2.45, 2.75) is 58.8 Å². The van der Waals surface area contributed by atoms with E-state index in [4.69, 9.17) is 9.15 Å². The van der Waals surface area contributed by atoms with Gasteiger partial charge in [-0.3, -0.25) is 9.78 Å². The Kier molecular flexibility index (Phi) is 8.08. The molecule has 202 valence electrons. The number of nitrogens with zero attached hydrogens (tertiary/aromatic N) is 3. The maximum absolute atomic E-state index is 12.2. The largest absolute Gasteiger partial charge is 0.454 e. The molecule has 0 saturated carbocycles. The van der Waals surface area contributed by atoms with Crippen molar-refractivity contribution >= 4 is 22.7 Å². The highest BCUT2D eigenvalue weighted by molar-refractivity contribution is 5.95. The van der Waals surface area contributed by atoms with Crippen LogP contribution in [0.5, 0.6) is 0 Å². The fourth-order valence-electron chi connectivity index (χ4n) is 5.01. The van der Waals surface area contributed by atoms with Crippen LogP contribution in [0.25, 0.3) is 33.6 Å². The van der Waals surface area contributed by atoms with Gasteiger partial charge in [0.1, 0.15) is 17.3 Å². The van der Waals surface area contributed by atoms with Crippen molar-refractivity contribution in [2.24, 2.45) is 0 Å². The third-order valence-corrected chi connectivity index (χ3v) is 6.44. The first-order valence-electron chi connectivity index (χ1n) is 13.2. The highest BCUT2D eigenvalue weighted by Gasteiger charge is 2.24. The summed E-state index contributed by atoms with van der Waals surface area (Å²) in [6.45, 7) is 10.3. The van der Waals surface area contributed by atoms with Gasteiger partial charge in [0.15, 0.2) is 5.58 Å². The minimum Gasteiger partial charge on any atom is -0.454 e. The molecule has 4 rings (SSSR count). The van der Waals surface area contributed by atoms with Gasteiger partial charge < -0.3 is 19.4 Å². The van der Waals surface area contributed by atoms with Gasteiger partial charge >= 0.3 is 0 Å². The second kappa shape index (κ2) is 11.3. The molecule has 1 atom stereocenters. The summed E-state index contributed by atoms with van der Waals surface area (Å²) in [4.78, 5) is 18.3. The molecule has 4 aromatic rings. The van der Waals surface area contributed by atoms with E-state index in [1.165, 1.54) is 0 Å². The standard InChI is InChI=1S/C32H36N4O3/c1-20(2)39-32(4,5)18-21(3)35-27-13-12-24(16-25(27)19-33)26-14-15-34-28-17-29(38-30(26)28)22-8-10-23(11-9-22)31(37)36(6)7/h8-17,20-21,35H,18H2,1-7H3. The van der Waals surface area contributed by atoms with Gasteiger partial charge in [-0.2, -0.15) is 5.26 Å². The van der Waals surface area contributed by atoms with Crippen LogP contribution in [-0.4, -0.2) is 47.6 Å². The van der Waals surface area contributed by atoms with Crippen LogP contribution in [0.15, 0.2) is 65.2 Å². The van der Waals surface area contributed by atoms with Gasteiger partial charge in [-0.05, 0) is 76.9 Å². The molecule has 7 heteroatoms. The Labute approximate surface area is 230 Å². The minimum atomic E-state index is -0.283. The van der Waals surface area contributed by atoms with Gasteiger partial charge in [-0.1, -0.05) is 18.2 Å². The number of anilines is 1. The molecule has 0 aliphatic rings. The molecule has 0 saturated heterocycles. The van der Waals surface area contributed by atoms with E-state index in [9.17, 15) is 10.1 Å². The van der Waals surface area contributed by atoms with Crippen LogP contribution in [0.1, 0.15) is 57.0 Å². The zero-order chi connectivity index (χ0) is 28.3.